The molecule has 3 rings (SSSR count). The van der Waals surface area contributed by atoms with Crippen molar-refractivity contribution in [1.29, 1.82) is 0 Å². The van der Waals surface area contributed by atoms with Gasteiger partial charge in [-0.2, -0.15) is 0 Å². The number of amides is 2. The van der Waals surface area contributed by atoms with E-state index >= 15 is 0 Å². The molecule has 2 amide bonds. The number of anilines is 1. The van der Waals surface area contributed by atoms with Crippen LogP contribution in [0.15, 0.2) is 79.1 Å². The number of hydrogen-bond donors (Lipinski definition) is 0. The van der Waals surface area contributed by atoms with Gasteiger partial charge in [-0.15, -0.1) is 0 Å². The van der Waals surface area contributed by atoms with E-state index in [2.05, 4.69) is 4.98 Å². The van der Waals surface area contributed by atoms with Gasteiger partial charge in [-0.3, -0.25) is 14.6 Å². The molecule has 0 aliphatic rings. The molecule has 0 unspecified atom stereocenters. The lowest BCUT2D eigenvalue weighted by molar-refractivity contribution is 0.0784. The van der Waals surface area contributed by atoms with Gasteiger partial charge in [0, 0.05) is 38.2 Å². The zero-order valence-corrected chi connectivity index (χ0v) is 16.1. The molecule has 28 heavy (non-hydrogen) atoms. The Morgan fingerprint density at radius 1 is 0.857 bits per heavy atom. The van der Waals surface area contributed by atoms with Crippen molar-refractivity contribution >= 4 is 17.5 Å². The van der Waals surface area contributed by atoms with Gasteiger partial charge in [0.2, 0.25) is 0 Å². The average Bonchev–Trinajstić information content (AvgIpc) is 2.75. The van der Waals surface area contributed by atoms with Crippen LogP contribution in [-0.2, 0) is 6.54 Å². The van der Waals surface area contributed by atoms with Crippen LogP contribution in [0, 0.1) is 0 Å². The van der Waals surface area contributed by atoms with Crippen molar-refractivity contribution in [2.24, 2.45) is 0 Å². The SMILES string of the molecule is CCN(C(=O)c1cncc(C(=O)N(C)Cc2ccccc2)c1)c1ccccc1. The van der Waals surface area contributed by atoms with Crippen molar-refractivity contribution in [2.45, 2.75) is 13.5 Å². The minimum absolute atomic E-state index is 0.172. The minimum Gasteiger partial charge on any atom is -0.337 e. The van der Waals surface area contributed by atoms with Crippen LogP contribution in [0.25, 0.3) is 0 Å². The van der Waals surface area contributed by atoms with Gasteiger partial charge in [-0.1, -0.05) is 48.5 Å². The molecule has 0 fully saturated rings. The molecule has 0 aliphatic heterocycles. The summed E-state index contributed by atoms with van der Waals surface area (Å²) in [4.78, 5) is 33.2. The fraction of sp³-hybridized carbons (Fsp3) is 0.174. The van der Waals surface area contributed by atoms with E-state index in [0.29, 0.717) is 24.2 Å². The summed E-state index contributed by atoms with van der Waals surface area (Å²) in [6, 6.07) is 20.8. The van der Waals surface area contributed by atoms with Crippen LogP contribution < -0.4 is 4.90 Å². The quantitative estimate of drug-likeness (QED) is 0.656. The molecule has 1 heterocycles. The van der Waals surface area contributed by atoms with Crippen molar-refractivity contribution in [3.8, 4) is 0 Å². The molecule has 0 spiro atoms. The van der Waals surface area contributed by atoms with Crippen molar-refractivity contribution in [2.75, 3.05) is 18.5 Å². The molecule has 2 aromatic carbocycles. The number of pyridine rings is 1. The van der Waals surface area contributed by atoms with E-state index in [-0.39, 0.29) is 11.8 Å². The van der Waals surface area contributed by atoms with Gasteiger partial charge >= 0.3 is 0 Å². The van der Waals surface area contributed by atoms with Crippen LogP contribution in [-0.4, -0.2) is 35.3 Å². The summed E-state index contributed by atoms with van der Waals surface area (Å²) in [6.45, 7) is 2.93. The molecule has 5 heteroatoms. The number of nitrogens with zero attached hydrogens (tertiary/aromatic N) is 3. The van der Waals surface area contributed by atoms with Crippen LogP contribution >= 0.6 is 0 Å². The first-order chi connectivity index (χ1) is 13.6. The largest absolute Gasteiger partial charge is 0.337 e. The molecule has 0 saturated heterocycles. The van der Waals surface area contributed by atoms with Gasteiger partial charge in [0.15, 0.2) is 0 Å². The van der Waals surface area contributed by atoms with Crippen LogP contribution in [0.5, 0.6) is 0 Å². The molecule has 0 atom stereocenters. The maximum absolute atomic E-state index is 13.0. The second-order valence-corrected chi connectivity index (χ2v) is 6.49. The third-order valence-electron chi connectivity index (χ3n) is 4.47. The van der Waals surface area contributed by atoms with Crippen LogP contribution in [0.4, 0.5) is 5.69 Å². The first kappa shape index (κ1) is 19.3. The molecule has 0 aliphatic carbocycles. The normalized spacial score (nSPS) is 10.4. The third-order valence-corrected chi connectivity index (χ3v) is 4.47. The summed E-state index contributed by atoms with van der Waals surface area (Å²) in [5.74, 6) is -0.352. The predicted molar refractivity (Wildman–Crippen MR) is 110 cm³/mol. The zero-order valence-electron chi connectivity index (χ0n) is 16.1. The standard InChI is InChI=1S/C23H23N3O2/c1-3-26(21-12-8-5-9-13-21)23(28)20-14-19(15-24-16-20)22(27)25(2)17-18-10-6-4-7-11-18/h4-16H,3,17H2,1-2H3. The monoisotopic (exact) mass is 373 g/mol. The maximum Gasteiger partial charge on any atom is 0.259 e. The van der Waals surface area contributed by atoms with E-state index in [9.17, 15) is 9.59 Å². The molecule has 0 N–H and O–H groups in total. The fourth-order valence-electron chi connectivity index (χ4n) is 3.03. The molecular formula is C23H23N3O2. The Morgan fingerprint density at radius 2 is 1.43 bits per heavy atom. The van der Waals surface area contributed by atoms with Crippen LogP contribution in [0.1, 0.15) is 33.2 Å². The van der Waals surface area contributed by atoms with Crippen LogP contribution in [0.3, 0.4) is 0 Å². The lowest BCUT2D eigenvalue weighted by Gasteiger charge is -2.21. The fourth-order valence-corrected chi connectivity index (χ4v) is 3.03. The number of aromatic nitrogens is 1. The number of benzene rings is 2. The first-order valence-electron chi connectivity index (χ1n) is 9.21. The predicted octanol–water partition coefficient (Wildman–Crippen LogP) is 4.02. The molecule has 0 saturated carbocycles. The van der Waals surface area contributed by atoms with Gasteiger partial charge in [0.25, 0.3) is 11.8 Å². The van der Waals surface area contributed by atoms with Crippen LogP contribution in [0.2, 0.25) is 0 Å². The van der Waals surface area contributed by atoms with Gasteiger partial charge in [0.1, 0.15) is 0 Å². The van der Waals surface area contributed by atoms with E-state index in [4.69, 9.17) is 0 Å². The Morgan fingerprint density at radius 3 is 2.04 bits per heavy atom. The lowest BCUT2D eigenvalue weighted by Crippen LogP contribution is -2.31. The summed E-state index contributed by atoms with van der Waals surface area (Å²) < 4.78 is 0. The Hall–Kier alpha value is -3.47. The minimum atomic E-state index is -0.179. The van der Waals surface area contributed by atoms with E-state index in [1.165, 1.54) is 12.4 Å². The van der Waals surface area contributed by atoms with Gasteiger partial charge in [-0.05, 0) is 30.7 Å². The molecule has 0 bridgehead atoms. The molecule has 142 valence electrons. The Labute approximate surface area is 165 Å². The van der Waals surface area contributed by atoms with E-state index in [1.54, 1.807) is 22.9 Å². The van der Waals surface area contributed by atoms with Crippen molar-refractivity contribution in [3.05, 3.63) is 95.8 Å². The molecule has 3 aromatic rings. The highest BCUT2D eigenvalue weighted by molar-refractivity contribution is 6.07. The lowest BCUT2D eigenvalue weighted by atomic mass is 10.1. The van der Waals surface area contributed by atoms with Gasteiger partial charge < -0.3 is 9.80 Å². The third kappa shape index (κ3) is 4.43. The molecular weight excluding hydrogens is 350 g/mol. The van der Waals surface area contributed by atoms with Gasteiger partial charge in [0.05, 0.1) is 11.1 Å². The molecule has 0 radical (unpaired) electrons. The summed E-state index contributed by atoms with van der Waals surface area (Å²) in [7, 11) is 1.74. The molecule has 5 nitrogen and oxygen atoms in total. The Bertz CT molecular complexity index is 942. The number of hydrogen-bond acceptors (Lipinski definition) is 3. The highest BCUT2D eigenvalue weighted by atomic mass is 16.2. The summed E-state index contributed by atoms with van der Waals surface area (Å²) in [6.07, 6.45) is 3.00. The number of carbonyl (C=O) groups is 2. The zero-order chi connectivity index (χ0) is 19.9. The van der Waals surface area contributed by atoms with E-state index in [0.717, 1.165) is 11.3 Å². The topological polar surface area (TPSA) is 53.5 Å². The highest BCUT2D eigenvalue weighted by Gasteiger charge is 2.19. The number of para-hydroxylation sites is 1. The van der Waals surface area contributed by atoms with Crippen molar-refractivity contribution in [1.82, 2.24) is 9.88 Å². The summed E-state index contributed by atoms with van der Waals surface area (Å²) in [5.41, 5.74) is 2.64. The van der Waals surface area contributed by atoms with Gasteiger partial charge in [-0.25, -0.2) is 0 Å². The Kier molecular flexibility index (Phi) is 6.17. The second-order valence-electron chi connectivity index (χ2n) is 6.49. The second kappa shape index (κ2) is 8.95. The Balaban J connectivity index is 1.79. The highest BCUT2D eigenvalue weighted by Crippen LogP contribution is 2.17. The number of rotatable bonds is 6. The smallest absolute Gasteiger partial charge is 0.259 e. The van der Waals surface area contributed by atoms with Crippen molar-refractivity contribution < 1.29 is 9.59 Å². The van der Waals surface area contributed by atoms with E-state index < -0.39 is 0 Å². The summed E-state index contributed by atoms with van der Waals surface area (Å²) >= 11 is 0. The first-order valence-corrected chi connectivity index (χ1v) is 9.21. The summed E-state index contributed by atoms with van der Waals surface area (Å²) in [5, 5.41) is 0. The van der Waals surface area contributed by atoms with Crippen molar-refractivity contribution in [3.63, 3.8) is 0 Å². The van der Waals surface area contributed by atoms with E-state index in [1.807, 2.05) is 67.6 Å². The average molecular weight is 373 g/mol. The maximum atomic E-state index is 13.0. The molecule has 1 aromatic heterocycles. The number of carbonyl (C=O) groups excluding carboxylic acids is 2.